The predicted octanol–water partition coefficient (Wildman–Crippen LogP) is 2.42. The zero-order valence-electron chi connectivity index (χ0n) is 11.2. The minimum Gasteiger partial charge on any atom is -0.497 e. The molecule has 1 aliphatic carbocycles. The average Bonchev–Trinajstić information content (AvgIpc) is 2.85. The van der Waals surface area contributed by atoms with Crippen molar-refractivity contribution < 1.29 is 9.84 Å². The molecule has 0 saturated heterocycles. The van der Waals surface area contributed by atoms with Gasteiger partial charge >= 0.3 is 0 Å². The first-order chi connectivity index (χ1) is 9.20. The highest BCUT2D eigenvalue weighted by Crippen LogP contribution is 2.39. The van der Waals surface area contributed by atoms with E-state index in [4.69, 9.17) is 4.74 Å². The van der Waals surface area contributed by atoms with Crippen LogP contribution in [0.4, 0.5) is 0 Å². The van der Waals surface area contributed by atoms with Gasteiger partial charge in [0, 0.05) is 12.4 Å². The number of ether oxygens (including phenoxy) is 1. The summed E-state index contributed by atoms with van der Waals surface area (Å²) in [5, 5.41) is 10.6. The van der Waals surface area contributed by atoms with Crippen LogP contribution in [0.5, 0.6) is 5.75 Å². The summed E-state index contributed by atoms with van der Waals surface area (Å²) in [6.45, 7) is 1.97. The van der Waals surface area contributed by atoms with Crippen LogP contribution in [0.1, 0.15) is 35.5 Å². The molecule has 2 unspecified atom stereocenters. The van der Waals surface area contributed by atoms with Gasteiger partial charge in [-0.25, -0.2) is 4.98 Å². The van der Waals surface area contributed by atoms with Crippen LogP contribution >= 0.6 is 0 Å². The molecule has 0 saturated carbocycles. The first-order valence-electron chi connectivity index (χ1n) is 6.55. The number of nitrogens with zero attached hydrogens (tertiary/aromatic N) is 2. The van der Waals surface area contributed by atoms with Gasteiger partial charge < -0.3 is 14.4 Å². The first-order valence-corrected chi connectivity index (χ1v) is 6.55. The van der Waals surface area contributed by atoms with Crippen LogP contribution in [0.3, 0.4) is 0 Å². The van der Waals surface area contributed by atoms with E-state index in [0.29, 0.717) is 0 Å². The molecule has 1 aliphatic rings. The van der Waals surface area contributed by atoms with Gasteiger partial charge in [-0.15, -0.1) is 0 Å². The van der Waals surface area contributed by atoms with Gasteiger partial charge in [0.05, 0.1) is 19.3 Å². The second-order valence-corrected chi connectivity index (χ2v) is 5.00. The zero-order chi connectivity index (χ0) is 13.4. The van der Waals surface area contributed by atoms with Crippen molar-refractivity contribution in [3.8, 4) is 5.75 Å². The largest absolute Gasteiger partial charge is 0.497 e. The van der Waals surface area contributed by atoms with E-state index in [-0.39, 0.29) is 6.04 Å². The van der Waals surface area contributed by atoms with Crippen LogP contribution in [-0.2, 0) is 6.42 Å². The first kappa shape index (κ1) is 12.2. The Labute approximate surface area is 112 Å². The summed E-state index contributed by atoms with van der Waals surface area (Å²) in [4.78, 5) is 4.24. The Balaban J connectivity index is 1.96. The van der Waals surface area contributed by atoms with E-state index in [1.165, 1.54) is 5.56 Å². The van der Waals surface area contributed by atoms with Crippen molar-refractivity contribution in [2.24, 2.45) is 0 Å². The van der Waals surface area contributed by atoms with E-state index in [0.717, 1.165) is 30.0 Å². The molecular formula is C15H18N2O2. The van der Waals surface area contributed by atoms with Crippen LogP contribution in [0.25, 0.3) is 0 Å². The second kappa shape index (κ2) is 4.70. The number of aliphatic hydroxyl groups is 1. The topological polar surface area (TPSA) is 47.3 Å². The highest BCUT2D eigenvalue weighted by atomic mass is 16.5. The molecule has 2 atom stereocenters. The molecule has 4 nitrogen and oxygen atoms in total. The van der Waals surface area contributed by atoms with Gasteiger partial charge in [0.15, 0.2) is 0 Å². The molecule has 4 heteroatoms. The summed E-state index contributed by atoms with van der Waals surface area (Å²) in [5.74, 6) is 1.80. The SMILES string of the molecule is COc1ccc2c(c1)CCC(n1ccnc1C)C2O. The molecule has 1 aromatic heterocycles. The molecule has 1 aromatic carbocycles. The van der Waals surface area contributed by atoms with Crippen LogP contribution in [-0.4, -0.2) is 21.8 Å². The van der Waals surface area contributed by atoms with Crippen LogP contribution < -0.4 is 4.74 Å². The summed E-state index contributed by atoms with van der Waals surface area (Å²) in [7, 11) is 1.67. The lowest BCUT2D eigenvalue weighted by molar-refractivity contribution is 0.0976. The fraction of sp³-hybridized carbons (Fsp3) is 0.400. The van der Waals surface area contributed by atoms with Crippen molar-refractivity contribution in [2.75, 3.05) is 7.11 Å². The van der Waals surface area contributed by atoms with Gasteiger partial charge in [0.2, 0.25) is 0 Å². The second-order valence-electron chi connectivity index (χ2n) is 5.00. The highest BCUT2D eigenvalue weighted by Gasteiger charge is 2.29. The summed E-state index contributed by atoms with van der Waals surface area (Å²) in [6.07, 6.45) is 5.11. The Morgan fingerprint density at radius 3 is 2.95 bits per heavy atom. The summed E-state index contributed by atoms with van der Waals surface area (Å²) < 4.78 is 7.30. The Kier molecular flexibility index (Phi) is 3.03. The fourth-order valence-electron chi connectivity index (χ4n) is 2.91. The minimum absolute atomic E-state index is 0.0726. The molecule has 2 aromatic rings. The minimum atomic E-state index is -0.484. The number of rotatable bonds is 2. The maximum Gasteiger partial charge on any atom is 0.119 e. The molecule has 0 bridgehead atoms. The molecule has 0 fully saturated rings. The molecule has 0 amide bonds. The highest BCUT2D eigenvalue weighted by molar-refractivity contribution is 5.39. The normalized spacial score (nSPS) is 22.1. The van der Waals surface area contributed by atoms with Gasteiger partial charge in [0.1, 0.15) is 11.6 Å². The van der Waals surface area contributed by atoms with Gasteiger partial charge in [0.25, 0.3) is 0 Å². The van der Waals surface area contributed by atoms with Crippen molar-refractivity contribution in [3.05, 3.63) is 47.5 Å². The molecule has 0 aliphatic heterocycles. The van der Waals surface area contributed by atoms with E-state index in [9.17, 15) is 5.11 Å². The van der Waals surface area contributed by atoms with Crippen LogP contribution in [0.15, 0.2) is 30.6 Å². The number of imidazole rings is 1. The van der Waals surface area contributed by atoms with Gasteiger partial charge in [-0.3, -0.25) is 0 Å². The Morgan fingerprint density at radius 2 is 2.26 bits per heavy atom. The maximum absolute atomic E-state index is 10.6. The summed E-state index contributed by atoms with van der Waals surface area (Å²) in [5.41, 5.74) is 2.19. The predicted molar refractivity (Wildman–Crippen MR) is 72.3 cm³/mol. The lowest BCUT2D eigenvalue weighted by atomic mass is 9.85. The smallest absolute Gasteiger partial charge is 0.119 e. The Hall–Kier alpha value is -1.81. The van der Waals surface area contributed by atoms with Crippen LogP contribution in [0, 0.1) is 6.92 Å². The maximum atomic E-state index is 10.6. The third-order valence-electron chi connectivity index (χ3n) is 3.96. The monoisotopic (exact) mass is 258 g/mol. The van der Waals surface area contributed by atoms with Crippen molar-refractivity contribution >= 4 is 0 Å². The fourth-order valence-corrected chi connectivity index (χ4v) is 2.91. The Morgan fingerprint density at radius 1 is 1.42 bits per heavy atom. The average molecular weight is 258 g/mol. The molecule has 3 rings (SSSR count). The third kappa shape index (κ3) is 2.02. The molecule has 0 radical (unpaired) electrons. The number of hydrogen-bond acceptors (Lipinski definition) is 3. The molecule has 100 valence electrons. The lowest BCUT2D eigenvalue weighted by Gasteiger charge is -2.31. The molecule has 0 spiro atoms. The van der Waals surface area contributed by atoms with E-state index in [2.05, 4.69) is 9.55 Å². The number of methoxy groups -OCH3 is 1. The van der Waals surface area contributed by atoms with Gasteiger partial charge in [-0.2, -0.15) is 0 Å². The number of fused-ring (bicyclic) bond motifs is 1. The third-order valence-corrected chi connectivity index (χ3v) is 3.96. The van der Waals surface area contributed by atoms with Crippen molar-refractivity contribution in [1.82, 2.24) is 9.55 Å². The van der Waals surface area contributed by atoms with Crippen molar-refractivity contribution in [2.45, 2.75) is 31.9 Å². The van der Waals surface area contributed by atoms with Crippen molar-refractivity contribution in [3.63, 3.8) is 0 Å². The van der Waals surface area contributed by atoms with E-state index in [1.807, 2.05) is 31.3 Å². The van der Waals surface area contributed by atoms with Crippen LogP contribution in [0.2, 0.25) is 0 Å². The molecular weight excluding hydrogens is 240 g/mol. The quantitative estimate of drug-likeness (QED) is 0.900. The van der Waals surface area contributed by atoms with E-state index >= 15 is 0 Å². The van der Waals surface area contributed by atoms with E-state index in [1.54, 1.807) is 13.3 Å². The lowest BCUT2D eigenvalue weighted by Crippen LogP contribution is -2.24. The number of hydrogen-bond donors (Lipinski definition) is 1. The Bertz CT molecular complexity index is 592. The van der Waals surface area contributed by atoms with Gasteiger partial charge in [-0.1, -0.05) is 6.07 Å². The number of aliphatic hydroxyl groups excluding tert-OH is 1. The molecule has 1 N–H and O–H groups in total. The zero-order valence-corrected chi connectivity index (χ0v) is 11.2. The summed E-state index contributed by atoms with van der Waals surface area (Å²) >= 11 is 0. The summed E-state index contributed by atoms with van der Waals surface area (Å²) in [6, 6.07) is 5.97. The molecule has 19 heavy (non-hydrogen) atoms. The van der Waals surface area contributed by atoms with Gasteiger partial charge in [-0.05, 0) is 43.0 Å². The number of benzene rings is 1. The number of aromatic nitrogens is 2. The van der Waals surface area contributed by atoms with Crippen molar-refractivity contribution in [1.29, 1.82) is 0 Å². The number of aryl methyl sites for hydroxylation is 2. The molecule has 1 heterocycles. The van der Waals surface area contributed by atoms with E-state index < -0.39 is 6.10 Å². The standard InChI is InChI=1S/C15H18N2O2/c1-10-16-7-8-17(10)14-6-3-11-9-12(19-2)4-5-13(11)15(14)18/h4-5,7-9,14-15,18H,3,6H2,1-2H3.